The van der Waals surface area contributed by atoms with Gasteiger partial charge in [0.05, 0.1) is 15.8 Å². The van der Waals surface area contributed by atoms with Crippen LogP contribution in [-0.2, 0) is 6.42 Å². The van der Waals surface area contributed by atoms with E-state index >= 15 is 0 Å². The molecule has 0 saturated carbocycles. The lowest BCUT2D eigenvalue weighted by molar-refractivity contribution is 0.777. The van der Waals surface area contributed by atoms with Crippen LogP contribution >= 0.6 is 34.5 Å². The second-order valence-electron chi connectivity index (χ2n) is 5.87. The minimum Gasteiger partial charge on any atom is -0.288 e. The predicted molar refractivity (Wildman–Crippen MR) is 98.4 cm³/mol. The summed E-state index contributed by atoms with van der Waals surface area (Å²) in [5.74, 6) is 0.415. The Hall–Kier alpha value is -0.830. The molecule has 1 atom stereocenters. The first-order valence-corrected chi connectivity index (χ1v) is 9.15. The van der Waals surface area contributed by atoms with Crippen molar-refractivity contribution in [3.63, 3.8) is 0 Å². The van der Waals surface area contributed by atoms with Gasteiger partial charge in [0.1, 0.15) is 0 Å². The molecule has 3 rings (SSSR count). The van der Waals surface area contributed by atoms with Crippen molar-refractivity contribution >= 4 is 40.3 Å². The summed E-state index contributed by atoms with van der Waals surface area (Å²) < 4.78 is 0. The third kappa shape index (κ3) is 2.97. The lowest BCUT2D eigenvalue weighted by atomic mass is 9.93. The van der Waals surface area contributed by atoms with Gasteiger partial charge in [-0.15, -0.1) is 11.3 Å². The molecule has 1 aliphatic rings. The summed E-state index contributed by atoms with van der Waals surface area (Å²) in [4.78, 5) is 7.47. The third-order valence-electron chi connectivity index (χ3n) is 4.37. The molecular weight excluding hydrogens is 333 g/mol. The number of hydrogen-bond acceptors (Lipinski definition) is 2. The molecule has 0 spiro atoms. The largest absolute Gasteiger partial charge is 0.288 e. The van der Waals surface area contributed by atoms with Gasteiger partial charge in [-0.25, -0.2) is 0 Å². The number of benzene rings is 1. The molecule has 0 amide bonds. The molecule has 0 saturated heterocycles. The van der Waals surface area contributed by atoms with Gasteiger partial charge in [0.2, 0.25) is 0 Å². The molecule has 1 aromatic heterocycles. The molecular formula is C18H19Cl2NS. The van der Waals surface area contributed by atoms with E-state index in [1.54, 1.807) is 0 Å². The zero-order valence-electron chi connectivity index (χ0n) is 13.0. The Morgan fingerprint density at radius 3 is 2.64 bits per heavy atom. The normalized spacial score (nSPS) is 17.9. The van der Waals surface area contributed by atoms with Gasteiger partial charge in [-0.1, -0.05) is 36.2 Å². The van der Waals surface area contributed by atoms with E-state index in [4.69, 9.17) is 28.2 Å². The van der Waals surface area contributed by atoms with E-state index < -0.39 is 0 Å². The van der Waals surface area contributed by atoms with Crippen LogP contribution in [0.2, 0.25) is 10.0 Å². The third-order valence-corrected chi connectivity index (χ3v) is 6.41. The van der Waals surface area contributed by atoms with Crippen molar-refractivity contribution in [1.82, 2.24) is 0 Å². The maximum atomic E-state index is 6.29. The fourth-order valence-electron chi connectivity index (χ4n) is 2.86. The Balaban J connectivity index is 1.84. The van der Waals surface area contributed by atoms with E-state index in [1.807, 2.05) is 17.4 Å². The summed E-state index contributed by atoms with van der Waals surface area (Å²) in [6, 6.07) is 6.47. The number of thiophene rings is 1. The molecule has 2 heterocycles. The molecule has 1 unspecified atom stereocenters. The van der Waals surface area contributed by atoms with Gasteiger partial charge >= 0.3 is 0 Å². The maximum absolute atomic E-state index is 6.29. The van der Waals surface area contributed by atoms with E-state index in [0.717, 1.165) is 24.9 Å². The van der Waals surface area contributed by atoms with Crippen molar-refractivity contribution in [2.75, 3.05) is 6.54 Å². The van der Waals surface area contributed by atoms with Crippen LogP contribution in [0.1, 0.15) is 45.7 Å². The Kier molecular flexibility index (Phi) is 4.63. The molecule has 0 N–H and O–H groups in total. The van der Waals surface area contributed by atoms with Crippen molar-refractivity contribution in [2.45, 2.75) is 39.5 Å². The van der Waals surface area contributed by atoms with E-state index in [1.165, 1.54) is 26.6 Å². The highest BCUT2D eigenvalue weighted by atomic mass is 35.5. The Labute approximate surface area is 146 Å². The van der Waals surface area contributed by atoms with Crippen molar-refractivity contribution in [2.24, 2.45) is 4.99 Å². The van der Waals surface area contributed by atoms with Gasteiger partial charge in [-0.3, -0.25) is 4.99 Å². The monoisotopic (exact) mass is 351 g/mol. The summed E-state index contributed by atoms with van der Waals surface area (Å²) in [5.41, 5.74) is 4.97. The Bertz CT molecular complexity index is 726. The highest BCUT2D eigenvalue weighted by Crippen LogP contribution is 2.36. The molecule has 2 aromatic rings. The second-order valence-corrected chi connectivity index (χ2v) is 7.91. The van der Waals surface area contributed by atoms with E-state index in [2.05, 4.69) is 32.9 Å². The molecule has 4 heteroatoms. The molecule has 0 radical (unpaired) electrons. The zero-order valence-corrected chi connectivity index (χ0v) is 15.4. The first-order chi connectivity index (χ1) is 10.5. The van der Waals surface area contributed by atoms with Crippen LogP contribution in [0.25, 0.3) is 0 Å². The quantitative estimate of drug-likeness (QED) is 0.623. The van der Waals surface area contributed by atoms with Crippen molar-refractivity contribution in [3.8, 4) is 0 Å². The average Bonchev–Trinajstić information content (AvgIpc) is 3.09. The first-order valence-electron chi connectivity index (χ1n) is 7.58. The van der Waals surface area contributed by atoms with Crippen molar-refractivity contribution in [3.05, 3.63) is 54.7 Å². The summed E-state index contributed by atoms with van der Waals surface area (Å²) >= 11 is 14.4. The molecule has 22 heavy (non-hydrogen) atoms. The number of aliphatic imine (C=N–C) groups is 1. The molecule has 0 fully saturated rings. The minimum atomic E-state index is 0.415. The molecule has 1 aliphatic heterocycles. The zero-order chi connectivity index (χ0) is 15.9. The Morgan fingerprint density at radius 1 is 1.23 bits per heavy atom. The van der Waals surface area contributed by atoms with E-state index in [9.17, 15) is 0 Å². The summed E-state index contributed by atoms with van der Waals surface area (Å²) in [6.45, 7) is 7.28. The van der Waals surface area contributed by atoms with Gasteiger partial charge in [0.15, 0.2) is 0 Å². The summed E-state index contributed by atoms with van der Waals surface area (Å²) in [6.07, 6.45) is 1.89. The molecule has 1 nitrogen and oxygen atoms in total. The lowest BCUT2D eigenvalue weighted by Gasteiger charge is -2.13. The van der Waals surface area contributed by atoms with Gasteiger partial charge in [-0.2, -0.15) is 0 Å². The van der Waals surface area contributed by atoms with Crippen LogP contribution in [0.3, 0.4) is 0 Å². The van der Waals surface area contributed by atoms with Crippen LogP contribution in [0.15, 0.2) is 23.2 Å². The smallest absolute Gasteiger partial charge is 0.0624 e. The Morgan fingerprint density at radius 2 is 2.00 bits per heavy atom. The number of hydrogen-bond donors (Lipinski definition) is 0. The highest BCUT2D eigenvalue weighted by molar-refractivity contribution is 7.14. The van der Waals surface area contributed by atoms with Gasteiger partial charge in [0.25, 0.3) is 0 Å². The number of nitrogens with zero attached hydrogens (tertiary/aromatic N) is 1. The van der Waals surface area contributed by atoms with Gasteiger partial charge in [0, 0.05) is 22.2 Å². The summed E-state index contributed by atoms with van der Waals surface area (Å²) in [7, 11) is 0. The molecule has 116 valence electrons. The van der Waals surface area contributed by atoms with Gasteiger partial charge in [-0.05, 0) is 55.5 Å². The predicted octanol–water partition coefficient (Wildman–Crippen LogP) is 6.21. The van der Waals surface area contributed by atoms with Crippen molar-refractivity contribution in [1.29, 1.82) is 0 Å². The lowest BCUT2D eigenvalue weighted by Crippen LogP contribution is -2.02. The fraction of sp³-hybridized carbons (Fsp3) is 0.389. The number of aryl methyl sites for hydroxylation is 3. The van der Waals surface area contributed by atoms with Crippen LogP contribution < -0.4 is 0 Å². The number of rotatable bonds is 3. The van der Waals surface area contributed by atoms with Crippen LogP contribution in [-0.4, -0.2) is 12.3 Å². The second kappa shape index (κ2) is 6.35. The minimum absolute atomic E-state index is 0.415. The molecule has 0 bridgehead atoms. The molecule has 1 aromatic carbocycles. The highest BCUT2D eigenvalue weighted by Gasteiger charge is 2.24. The summed E-state index contributed by atoms with van der Waals surface area (Å²) in [5, 5.41) is 1.35. The van der Waals surface area contributed by atoms with Crippen LogP contribution in [0, 0.1) is 13.8 Å². The topological polar surface area (TPSA) is 12.4 Å². The van der Waals surface area contributed by atoms with E-state index in [0.29, 0.717) is 16.0 Å². The fourth-order valence-corrected chi connectivity index (χ4v) is 4.40. The SMILES string of the molecule is CCc1cc(C2CN=C(c3cc(C)c(C)s3)C2)cc(Cl)c1Cl. The first kappa shape index (κ1) is 16.0. The van der Waals surface area contributed by atoms with E-state index in [-0.39, 0.29) is 0 Å². The molecule has 0 aliphatic carbocycles. The van der Waals surface area contributed by atoms with Gasteiger partial charge < -0.3 is 0 Å². The average molecular weight is 352 g/mol. The number of halogens is 2. The van der Waals surface area contributed by atoms with Crippen LogP contribution in [0.4, 0.5) is 0 Å². The maximum Gasteiger partial charge on any atom is 0.0624 e. The van der Waals surface area contributed by atoms with Crippen LogP contribution in [0.5, 0.6) is 0 Å². The standard InChI is InChI=1S/C18H19Cl2NS/c1-4-12-6-13(7-15(19)18(12)20)14-8-16(21-9-14)17-5-10(2)11(3)22-17/h5-7,14H,4,8-9H2,1-3H3. The van der Waals surface area contributed by atoms with Crippen molar-refractivity contribution < 1.29 is 0 Å².